The van der Waals surface area contributed by atoms with Crippen LogP contribution in [0.5, 0.6) is 0 Å². The summed E-state index contributed by atoms with van der Waals surface area (Å²) >= 11 is 2.00. The highest BCUT2D eigenvalue weighted by atomic mass is 32.2. The van der Waals surface area contributed by atoms with E-state index in [2.05, 4.69) is 32.3 Å². The lowest BCUT2D eigenvalue weighted by Crippen LogP contribution is -2.34. The van der Waals surface area contributed by atoms with Crippen molar-refractivity contribution in [2.24, 2.45) is 23.7 Å². The molecule has 0 spiro atoms. The fraction of sp³-hybridized carbons (Fsp3) is 1.00. The van der Waals surface area contributed by atoms with Crippen molar-refractivity contribution in [3.63, 3.8) is 0 Å². The molecule has 1 fully saturated rings. The lowest BCUT2D eigenvalue weighted by molar-refractivity contribution is 0.137. The van der Waals surface area contributed by atoms with Gasteiger partial charge in [0.25, 0.3) is 0 Å². The zero-order valence-corrected chi connectivity index (χ0v) is 14.4. The summed E-state index contributed by atoms with van der Waals surface area (Å²) in [6.45, 7) is 9.56. The smallest absolute Gasteiger partial charge is 0.00179 e. The Hall–Kier alpha value is 0.310. The average molecular weight is 286 g/mol. The Bertz CT molecular complexity index is 217. The van der Waals surface area contributed by atoms with Gasteiger partial charge in [-0.1, -0.05) is 20.8 Å². The Labute approximate surface area is 125 Å². The third kappa shape index (κ3) is 6.53. The molecule has 1 saturated carbocycles. The number of nitrogens with one attached hydrogen (secondary N) is 1. The highest BCUT2D eigenvalue weighted by Gasteiger charge is 2.30. The minimum absolute atomic E-state index is 0.882. The molecule has 1 aliphatic carbocycles. The first-order chi connectivity index (χ1) is 9.19. The molecular formula is C17H35NS. The van der Waals surface area contributed by atoms with Crippen LogP contribution in [0.25, 0.3) is 0 Å². The molecule has 0 heterocycles. The lowest BCUT2D eigenvalue weighted by atomic mass is 9.69. The van der Waals surface area contributed by atoms with E-state index >= 15 is 0 Å². The summed E-state index contributed by atoms with van der Waals surface area (Å²) in [4.78, 5) is 0. The van der Waals surface area contributed by atoms with Gasteiger partial charge in [0, 0.05) is 0 Å². The Balaban J connectivity index is 2.42. The van der Waals surface area contributed by atoms with Gasteiger partial charge in [0.1, 0.15) is 0 Å². The fourth-order valence-corrected chi connectivity index (χ4v) is 4.00. The molecule has 0 aliphatic heterocycles. The van der Waals surface area contributed by atoms with E-state index in [9.17, 15) is 0 Å². The van der Waals surface area contributed by atoms with Crippen molar-refractivity contribution >= 4 is 11.8 Å². The molecule has 114 valence electrons. The maximum absolute atomic E-state index is 3.66. The minimum atomic E-state index is 0.882. The second-order valence-corrected chi connectivity index (χ2v) is 7.66. The van der Waals surface area contributed by atoms with Crippen LogP contribution >= 0.6 is 11.8 Å². The molecule has 0 aromatic heterocycles. The number of hydrogen-bond donors (Lipinski definition) is 1. The highest BCUT2D eigenvalue weighted by Crippen LogP contribution is 2.39. The number of rotatable bonds is 9. The first-order valence-corrected chi connectivity index (χ1v) is 9.78. The Kier molecular flexibility index (Phi) is 9.23. The normalized spacial score (nSPS) is 27.9. The van der Waals surface area contributed by atoms with Gasteiger partial charge in [-0.3, -0.25) is 0 Å². The molecule has 0 amide bonds. The van der Waals surface area contributed by atoms with Crippen molar-refractivity contribution in [3.05, 3.63) is 0 Å². The summed E-state index contributed by atoms with van der Waals surface area (Å²) in [7, 11) is 0. The van der Waals surface area contributed by atoms with E-state index in [1.54, 1.807) is 0 Å². The van der Waals surface area contributed by atoms with Crippen LogP contribution in [0.3, 0.4) is 0 Å². The van der Waals surface area contributed by atoms with Crippen LogP contribution in [0.15, 0.2) is 0 Å². The van der Waals surface area contributed by atoms with E-state index in [1.807, 2.05) is 11.8 Å². The molecule has 2 heteroatoms. The summed E-state index contributed by atoms with van der Waals surface area (Å²) in [5.74, 6) is 5.15. The zero-order valence-electron chi connectivity index (χ0n) is 13.6. The molecule has 1 N–H and O–H groups in total. The van der Waals surface area contributed by atoms with Crippen molar-refractivity contribution in [1.29, 1.82) is 0 Å². The molecule has 3 unspecified atom stereocenters. The largest absolute Gasteiger partial charge is 0.316 e. The summed E-state index contributed by atoms with van der Waals surface area (Å²) < 4.78 is 0. The van der Waals surface area contributed by atoms with Crippen LogP contribution in [0.4, 0.5) is 0 Å². The number of hydrogen-bond acceptors (Lipinski definition) is 2. The summed E-state index contributed by atoms with van der Waals surface area (Å²) in [5, 5.41) is 3.66. The first-order valence-electron chi connectivity index (χ1n) is 8.38. The molecule has 0 bridgehead atoms. The molecular weight excluding hydrogens is 250 g/mol. The van der Waals surface area contributed by atoms with Gasteiger partial charge >= 0.3 is 0 Å². The van der Waals surface area contributed by atoms with Crippen molar-refractivity contribution in [3.8, 4) is 0 Å². The molecule has 3 atom stereocenters. The molecule has 1 nitrogen and oxygen atoms in total. The van der Waals surface area contributed by atoms with Gasteiger partial charge < -0.3 is 5.32 Å². The zero-order chi connectivity index (χ0) is 14.1. The molecule has 19 heavy (non-hydrogen) atoms. The minimum Gasteiger partial charge on any atom is -0.316 e. The molecule has 0 radical (unpaired) electrons. The summed E-state index contributed by atoms with van der Waals surface area (Å²) in [5.41, 5.74) is 0. The van der Waals surface area contributed by atoms with Gasteiger partial charge in [-0.15, -0.1) is 0 Å². The monoisotopic (exact) mass is 285 g/mol. The topological polar surface area (TPSA) is 12.0 Å². The predicted octanol–water partition coefficient (Wildman–Crippen LogP) is 4.82. The van der Waals surface area contributed by atoms with E-state index in [-0.39, 0.29) is 0 Å². The van der Waals surface area contributed by atoms with Gasteiger partial charge in [0.15, 0.2) is 0 Å². The number of thioether (sulfide) groups is 1. The Morgan fingerprint density at radius 2 is 2.00 bits per heavy atom. The average Bonchev–Trinajstić information content (AvgIpc) is 2.40. The van der Waals surface area contributed by atoms with Gasteiger partial charge in [0.2, 0.25) is 0 Å². The van der Waals surface area contributed by atoms with Crippen LogP contribution in [0.2, 0.25) is 0 Å². The van der Waals surface area contributed by atoms with Gasteiger partial charge in [0.05, 0.1) is 0 Å². The fourth-order valence-electron chi connectivity index (χ4n) is 3.54. The van der Waals surface area contributed by atoms with Gasteiger partial charge in [-0.05, 0) is 87.3 Å². The molecule has 0 aromatic carbocycles. The highest BCUT2D eigenvalue weighted by molar-refractivity contribution is 7.98. The molecule has 0 aromatic rings. The van der Waals surface area contributed by atoms with Gasteiger partial charge in [-0.25, -0.2) is 0 Å². The first kappa shape index (κ1) is 17.4. The molecule has 1 rings (SSSR count). The maximum Gasteiger partial charge on any atom is -0.00179 e. The third-order valence-corrected chi connectivity index (χ3v) is 5.58. The second kappa shape index (κ2) is 10.1. The van der Waals surface area contributed by atoms with E-state index in [0.717, 1.165) is 23.7 Å². The van der Waals surface area contributed by atoms with E-state index in [1.165, 1.54) is 57.4 Å². The molecule has 0 saturated heterocycles. The predicted molar refractivity (Wildman–Crippen MR) is 89.9 cm³/mol. The van der Waals surface area contributed by atoms with E-state index in [4.69, 9.17) is 0 Å². The Morgan fingerprint density at radius 1 is 1.21 bits per heavy atom. The summed E-state index contributed by atoms with van der Waals surface area (Å²) in [6, 6.07) is 0. The van der Waals surface area contributed by atoms with E-state index < -0.39 is 0 Å². The van der Waals surface area contributed by atoms with Crippen LogP contribution in [-0.4, -0.2) is 25.1 Å². The van der Waals surface area contributed by atoms with Crippen molar-refractivity contribution < 1.29 is 0 Å². The summed E-state index contributed by atoms with van der Waals surface area (Å²) in [6.07, 6.45) is 10.8. The Morgan fingerprint density at radius 3 is 2.63 bits per heavy atom. The standard InChI is InChI=1S/C17H35NS/c1-5-10-18-13-17-9-8-15(14(2)3)12-16(17)7-6-11-19-4/h14-18H,5-13H2,1-4H3. The molecule has 1 aliphatic rings. The quantitative estimate of drug-likeness (QED) is 0.610. The van der Waals surface area contributed by atoms with Crippen LogP contribution in [0, 0.1) is 23.7 Å². The van der Waals surface area contributed by atoms with Crippen molar-refractivity contribution in [2.45, 2.75) is 59.3 Å². The van der Waals surface area contributed by atoms with Crippen LogP contribution in [-0.2, 0) is 0 Å². The van der Waals surface area contributed by atoms with Crippen LogP contribution in [0.1, 0.15) is 59.3 Å². The third-order valence-electron chi connectivity index (χ3n) is 4.88. The van der Waals surface area contributed by atoms with E-state index in [0.29, 0.717) is 0 Å². The van der Waals surface area contributed by atoms with Crippen LogP contribution < -0.4 is 5.32 Å². The maximum atomic E-state index is 3.66. The second-order valence-electron chi connectivity index (χ2n) is 6.68. The van der Waals surface area contributed by atoms with Gasteiger partial charge in [-0.2, -0.15) is 11.8 Å². The van der Waals surface area contributed by atoms with Crippen molar-refractivity contribution in [2.75, 3.05) is 25.1 Å². The van der Waals surface area contributed by atoms with Crippen molar-refractivity contribution in [1.82, 2.24) is 5.32 Å². The SMILES string of the molecule is CCCNCC1CCC(C(C)C)CC1CCCSC. The lowest BCUT2D eigenvalue weighted by Gasteiger charge is -2.38.